The molecule has 0 saturated heterocycles. The van der Waals surface area contributed by atoms with Crippen molar-refractivity contribution < 1.29 is 23.4 Å². The highest BCUT2D eigenvalue weighted by Gasteiger charge is 2.20. The summed E-state index contributed by atoms with van der Waals surface area (Å²) in [7, 11) is 0. The molecule has 0 unspecified atom stereocenters. The van der Waals surface area contributed by atoms with Gasteiger partial charge in [0.25, 0.3) is 0 Å². The highest BCUT2D eigenvalue weighted by atomic mass is 19.1. The number of anilines is 4. The van der Waals surface area contributed by atoms with Crippen LogP contribution in [0.15, 0.2) is 132 Å². The molecule has 0 aliphatic carbocycles. The smallest absolute Gasteiger partial charge is 0.232 e. The summed E-state index contributed by atoms with van der Waals surface area (Å²) in [6, 6.07) is 34.3. The summed E-state index contributed by atoms with van der Waals surface area (Å²) in [4.78, 5) is 18.2. The average molecular weight is 722 g/mol. The molecule has 0 saturated carbocycles. The number of nitrogens with one attached hydrogen (secondary N) is 2. The maximum atomic E-state index is 14.5. The van der Waals surface area contributed by atoms with E-state index in [0.717, 1.165) is 22.3 Å². The van der Waals surface area contributed by atoms with E-state index in [9.17, 15) is 19.0 Å². The lowest BCUT2D eigenvalue weighted by Crippen LogP contribution is -2.07. The summed E-state index contributed by atoms with van der Waals surface area (Å²) in [6.45, 7) is -0.166. The van der Waals surface area contributed by atoms with Gasteiger partial charge >= 0.3 is 0 Å². The Bertz CT molecular complexity index is 2440. The standard InChI is InChI=1S/C40H29F2N9O3/c41-30-8-1-3-10-32(30)43-39-46-37(47-40(48-39)44-33-11-4-2-9-31(33)42)34-21-51(50-49-34)29-7-5-6-28(20-29)38-45-35(26-16-12-24(22-52)13-17-26)36(54-38)27-18-14-25(23-53)15-19-27/h1-21,52-53H,22-23H2,(H2,43,44,46,47,48). The van der Waals surface area contributed by atoms with E-state index in [4.69, 9.17) is 9.40 Å². The fourth-order valence-corrected chi connectivity index (χ4v) is 5.61. The minimum absolute atomic E-state index is 0.00649. The van der Waals surface area contributed by atoms with Crippen LogP contribution in [0, 0.1) is 11.6 Å². The van der Waals surface area contributed by atoms with Crippen LogP contribution in [0.4, 0.5) is 32.1 Å². The van der Waals surface area contributed by atoms with E-state index < -0.39 is 11.6 Å². The number of oxazole rings is 1. The summed E-state index contributed by atoms with van der Waals surface area (Å²) >= 11 is 0. The summed E-state index contributed by atoms with van der Waals surface area (Å²) in [5.74, 6) is -0.0664. The largest absolute Gasteiger partial charge is 0.435 e. The van der Waals surface area contributed by atoms with Gasteiger partial charge in [-0.2, -0.15) is 15.0 Å². The van der Waals surface area contributed by atoms with Gasteiger partial charge in [-0.3, -0.25) is 0 Å². The Kier molecular flexibility index (Phi) is 9.32. The van der Waals surface area contributed by atoms with Crippen LogP contribution >= 0.6 is 0 Å². The van der Waals surface area contributed by atoms with Crippen LogP contribution in [0.1, 0.15) is 11.1 Å². The second kappa shape index (κ2) is 14.8. The van der Waals surface area contributed by atoms with Gasteiger partial charge < -0.3 is 25.3 Å². The predicted octanol–water partition coefficient (Wildman–Crippen LogP) is 7.86. The van der Waals surface area contributed by atoms with Gasteiger partial charge in [0.05, 0.1) is 36.5 Å². The first kappa shape index (κ1) is 34.0. The van der Waals surface area contributed by atoms with Crippen molar-refractivity contribution >= 4 is 23.3 Å². The van der Waals surface area contributed by atoms with Crippen LogP contribution in [-0.2, 0) is 13.2 Å². The molecule has 266 valence electrons. The maximum Gasteiger partial charge on any atom is 0.232 e. The average Bonchev–Trinajstić information content (AvgIpc) is 3.89. The topological polar surface area (TPSA) is 160 Å². The monoisotopic (exact) mass is 721 g/mol. The molecule has 3 aromatic heterocycles. The van der Waals surface area contributed by atoms with Crippen LogP contribution in [0.3, 0.4) is 0 Å². The highest BCUT2D eigenvalue weighted by molar-refractivity contribution is 5.79. The Morgan fingerprint density at radius 3 is 1.80 bits per heavy atom. The lowest BCUT2D eigenvalue weighted by Gasteiger charge is -2.10. The summed E-state index contributed by atoms with van der Waals surface area (Å²) in [5.41, 5.74) is 5.51. The molecule has 0 bridgehead atoms. The van der Waals surface area contributed by atoms with Gasteiger partial charge in [0.15, 0.2) is 17.3 Å². The van der Waals surface area contributed by atoms with Crippen molar-refractivity contribution in [3.63, 3.8) is 0 Å². The Morgan fingerprint density at radius 2 is 1.20 bits per heavy atom. The maximum absolute atomic E-state index is 14.5. The van der Waals surface area contributed by atoms with E-state index >= 15 is 0 Å². The molecule has 0 aliphatic heterocycles. The molecule has 0 fully saturated rings. The molecule has 14 heteroatoms. The van der Waals surface area contributed by atoms with E-state index in [0.29, 0.717) is 28.6 Å². The van der Waals surface area contributed by atoms with Gasteiger partial charge in [0.1, 0.15) is 17.3 Å². The van der Waals surface area contributed by atoms with Gasteiger partial charge in [-0.05, 0) is 53.6 Å². The first-order valence-corrected chi connectivity index (χ1v) is 16.7. The molecule has 0 aliphatic rings. The Morgan fingerprint density at radius 1 is 0.611 bits per heavy atom. The third-order valence-electron chi connectivity index (χ3n) is 8.39. The van der Waals surface area contributed by atoms with Crippen molar-refractivity contribution in [1.29, 1.82) is 0 Å². The third kappa shape index (κ3) is 7.14. The van der Waals surface area contributed by atoms with Gasteiger partial charge in [-0.15, -0.1) is 5.10 Å². The fraction of sp³-hybridized carbons (Fsp3) is 0.0500. The van der Waals surface area contributed by atoms with Crippen molar-refractivity contribution in [2.75, 3.05) is 10.6 Å². The Labute approximate surface area is 306 Å². The summed E-state index contributed by atoms with van der Waals surface area (Å²) < 4.78 is 37.0. The zero-order chi connectivity index (χ0) is 37.0. The van der Waals surface area contributed by atoms with Crippen molar-refractivity contribution in [3.8, 4) is 51.2 Å². The van der Waals surface area contributed by atoms with E-state index in [2.05, 4.69) is 35.9 Å². The van der Waals surface area contributed by atoms with Crippen molar-refractivity contribution in [3.05, 3.63) is 150 Å². The molecule has 0 radical (unpaired) electrons. The zero-order valence-corrected chi connectivity index (χ0v) is 28.2. The number of aliphatic hydroxyl groups excluding tert-OH is 2. The van der Waals surface area contributed by atoms with E-state index in [1.807, 2.05) is 72.8 Å². The molecule has 3 heterocycles. The number of rotatable bonds is 11. The molecular formula is C40H29F2N9O3. The number of nitrogens with zero attached hydrogens (tertiary/aromatic N) is 7. The van der Waals surface area contributed by atoms with Crippen molar-refractivity contribution in [2.24, 2.45) is 0 Å². The lowest BCUT2D eigenvalue weighted by atomic mass is 10.0. The van der Waals surface area contributed by atoms with Crippen molar-refractivity contribution in [2.45, 2.75) is 13.2 Å². The molecule has 12 nitrogen and oxygen atoms in total. The van der Waals surface area contributed by atoms with Gasteiger partial charge in [0, 0.05) is 16.7 Å². The number of aromatic nitrogens is 7. The lowest BCUT2D eigenvalue weighted by molar-refractivity contribution is 0.281. The van der Waals surface area contributed by atoms with Crippen molar-refractivity contribution in [1.82, 2.24) is 34.9 Å². The second-order valence-corrected chi connectivity index (χ2v) is 12.0. The number of benzene rings is 5. The first-order chi connectivity index (χ1) is 26.4. The summed E-state index contributed by atoms with van der Waals surface area (Å²) in [5, 5.41) is 33.5. The molecule has 8 rings (SSSR count). The Hall–Kier alpha value is -7.16. The van der Waals surface area contributed by atoms with E-state index in [1.54, 1.807) is 30.5 Å². The number of hydrogen-bond donors (Lipinski definition) is 4. The minimum atomic E-state index is -0.515. The SMILES string of the molecule is OCc1ccc(-c2nc(-c3cccc(-n4cc(-c5nc(Nc6ccccc6F)nc(Nc6ccccc6F)n5)nn4)c3)oc2-c2ccc(CO)cc2)cc1. The van der Waals surface area contributed by atoms with Gasteiger partial charge in [0.2, 0.25) is 17.8 Å². The van der Waals surface area contributed by atoms with Gasteiger partial charge in [-0.25, -0.2) is 18.4 Å². The normalized spacial score (nSPS) is 11.1. The first-order valence-electron chi connectivity index (χ1n) is 16.7. The summed E-state index contributed by atoms with van der Waals surface area (Å²) in [6.07, 6.45) is 1.62. The fourth-order valence-electron chi connectivity index (χ4n) is 5.61. The van der Waals surface area contributed by atoms with Crippen LogP contribution in [-0.4, -0.2) is 45.1 Å². The molecule has 4 N–H and O–H groups in total. The number of hydrogen-bond acceptors (Lipinski definition) is 11. The zero-order valence-electron chi connectivity index (χ0n) is 28.2. The molecular weight excluding hydrogens is 692 g/mol. The number of para-hydroxylation sites is 2. The number of halogens is 2. The van der Waals surface area contributed by atoms with E-state index in [1.165, 1.54) is 28.9 Å². The van der Waals surface area contributed by atoms with Crippen LogP contribution in [0.5, 0.6) is 0 Å². The molecule has 0 atom stereocenters. The molecule has 0 amide bonds. The van der Waals surface area contributed by atoms with Crippen LogP contribution in [0.2, 0.25) is 0 Å². The van der Waals surface area contributed by atoms with E-state index in [-0.39, 0.29) is 48.0 Å². The highest BCUT2D eigenvalue weighted by Crippen LogP contribution is 2.37. The molecule has 8 aromatic rings. The molecule has 0 spiro atoms. The second-order valence-electron chi connectivity index (χ2n) is 12.0. The molecule has 5 aromatic carbocycles. The predicted molar refractivity (Wildman–Crippen MR) is 198 cm³/mol. The molecule has 54 heavy (non-hydrogen) atoms. The van der Waals surface area contributed by atoms with Crippen LogP contribution < -0.4 is 10.6 Å². The minimum Gasteiger partial charge on any atom is -0.435 e. The van der Waals surface area contributed by atoms with Crippen LogP contribution in [0.25, 0.3) is 51.2 Å². The third-order valence-corrected chi connectivity index (χ3v) is 8.39. The Balaban J connectivity index is 1.14. The quantitative estimate of drug-likeness (QED) is 0.103. The number of aliphatic hydroxyl groups is 2. The van der Waals surface area contributed by atoms with Gasteiger partial charge in [-0.1, -0.05) is 84.1 Å².